The number of furan rings is 1. The number of pyridine rings is 2. The summed E-state index contributed by atoms with van der Waals surface area (Å²) in [5, 5.41) is 14.1. The Morgan fingerprint density at radius 1 is 0.970 bits per heavy atom. The van der Waals surface area contributed by atoms with E-state index in [1.165, 1.54) is 25.1 Å². The minimum atomic E-state index is -0.564. The standard InChI is InChI=1S/C24H22N4O5/c29-15-10-9-14-18-21(33-20(14)19(15)30)16(13-8-5-11-25-23(13)31)17-22(26-18)28(27-24(17)32)12-6-3-1-2-4-7-12/h5,8-12,26,30H,1-4,6-7H2,(H,25,31)(H,27,32). The number of rotatable bonds is 2. The molecule has 1 aliphatic carbocycles. The minimum absolute atomic E-state index is 0.0208. The van der Waals surface area contributed by atoms with Crippen molar-refractivity contribution < 1.29 is 9.52 Å². The maximum absolute atomic E-state index is 13.3. The van der Waals surface area contributed by atoms with Crippen molar-refractivity contribution in [2.24, 2.45) is 0 Å². The number of nitrogens with one attached hydrogen (secondary N) is 3. The highest BCUT2D eigenvalue weighted by atomic mass is 16.4. The molecule has 1 fully saturated rings. The monoisotopic (exact) mass is 446 g/mol. The van der Waals surface area contributed by atoms with Gasteiger partial charge in [-0.1, -0.05) is 25.7 Å². The highest BCUT2D eigenvalue weighted by molar-refractivity contribution is 6.15. The molecular weight excluding hydrogens is 424 g/mol. The summed E-state index contributed by atoms with van der Waals surface area (Å²) in [6.07, 6.45) is 7.90. The minimum Gasteiger partial charge on any atom is -0.502 e. The molecule has 33 heavy (non-hydrogen) atoms. The summed E-state index contributed by atoms with van der Waals surface area (Å²) < 4.78 is 7.83. The number of nitrogens with zero attached hydrogens (tertiary/aromatic N) is 1. The number of aromatic hydroxyl groups is 1. The maximum atomic E-state index is 13.3. The van der Waals surface area contributed by atoms with E-state index in [0.717, 1.165) is 25.7 Å². The number of hydrogen-bond acceptors (Lipinski definition) is 5. The average molecular weight is 446 g/mol. The predicted molar refractivity (Wildman–Crippen MR) is 125 cm³/mol. The van der Waals surface area contributed by atoms with E-state index >= 15 is 0 Å². The first kappa shape index (κ1) is 19.7. The topological polar surface area (TPSA) is 137 Å². The van der Waals surface area contributed by atoms with Crippen LogP contribution in [0.4, 0.5) is 0 Å². The molecule has 0 aliphatic heterocycles. The van der Waals surface area contributed by atoms with Gasteiger partial charge in [-0.15, -0.1) is 0 Å². The van der Waals surface area contributed by atoms with Crippen LogP contribution in [0.5, 0.6) is 5.75 Å². The van der Waals surface area contributed by atoms with Crippen LogP contribution in [0, 0.1) is 0 Å². The SMILES string of the molecule is O=c1ccc2c(oc3c(-c4ccc[nH]c4=O)c4c(=O)[nH]n(C5CCCCCC5)c4[nH]c32)c1O. The van der Waals surface area contributed by atoms with Gasteiger partial charge < -0.3 is 19.5 Å². The van der Waals surface area contributed by atoms with Gasteiger partial charge in [0.25, 0.3) is 11.1 Å². The second-order valence-electron chi connectivity index (χ2n) is 8.69. The third-order valence-corrected chi connectivity index (χ3v) is 6.72. The van der Waals surface area contributed by atoms with E-state index in [0.29, 0.717) is 27.5 Å². The van der Waals surface area contributed by atoms with Crippen LogP contribution in [0.3, 0.4) is 0 Å². The van der Waals surface area contributed by atoms with Gasteiger partial charge in [0.1, 0.15) is 5.65 Å². The van der Waals surface area contributed by atoms with Gasteiger partial charge in [0.15, 0.2) is 11.2 Å². The van der Waals surface area contributed by atoms with Gasteiger partial charge in [-0.2, -0.15) is 0 Å². The molecule has 4 heterocycles. The fourth-order valence-electron chi connectivity index (χ4n) is 5.13. The number of hydrogen-bond donors (Lipinski definition) is 4. The number of fused-ring (bicyclic) bond motifs is 4. The van der Waals surface area contributed by atoms with Crippen LogP contribution in [-0.4, -0.2) is 24.9 Å². The van der Waals surface area contributed by atoms with E-state index < -0.39 is 11.2 Å². The highest BCUT2D eigenvalue weighted by Gasteiger charge is 2.26. The maximum Gasteiger partial charge on any atom is 0.274 e. The van der Waals surface area contributed by atoms with Crippen LogP contribution >= 0.6 is 0 Å². The van der Waals surface area contributed by atoms with Crippen LogP contribution in [-0.2, 0) is 0 Å². The molecule has 9 nitrogen and oxygen atoms in total. The fraction of sp³-hybridized carbons (Fsp3) is 0.292. The molecule has 1 aromatic carbocycles. The lowest BCUT2D eigenvalue weighted by Crippen LogP contribution is -2.13. The lowest BCUT2D eigenvalue weighted by molar-refractivity contribution is 0.413. The van der Waals surface area contributed by atoms with E-state index in [1.54, 1.807) is 18.2 Å². The molecule has 4 N–H and O–H groups in total. The van der Waals surface area contributed by atoms with E-state index in [-0.39, 0.29) is 33.9 Å². The average Bonchev–Trinajstić information content (AvgIpc) is 3.20. The number of aromatic nitrogens is 4. The van der Waals surface area contributed by atoms with E-state index in [1.807, 2.05) is 4.68 Å². The summed E-state index contributed by atoms with van der Waals surface area (Å²) in [6.45, 7) is 0. The smallest absolute Gasteiger partial charge is 0.274 e. The van der Waals surface area contributed by atoms with Crippen molar-refractivity contribution in [3.8, 4) is 16.9 Å². The molecule has 0 unspecified atom stereocenters. The van der Waals surface area contributed by atoms with Crippen LogP contribution in [0.1, 0.15) is 44.6 Å². The molecule has 0 radical (unpaired) electrons. The zero-order valence-corrected chi connectivity index (χ0v) is 17.7. The Morgan fingerprint density at radius 2 is 1.76 bits per heavy atom. The van der Waals surface area contributed by atoms with Crippen molar-refractivity contribution in [1.29, 1.82) is 0 Å². The number of benzene rings is 1. The van der Waals surface area contributed by atoms with Crippen molar-refractivity contribution in [1.82, 2.24) is 19.7 Å². The summed E-state index contributed by atoms with van der Waals surface area (Å²) in [5.41, 5.74) is 0.655. The molecule has 4 aromatic heterocycles. The van der Waals surface area contributed by atoms with Gasteiger partial charge in [-0.3, -0.25) is 24.2 Å². The second kappa shape index (κ2) is 7.26. The number of H-pyrrole nitrogens is 3. The summed E-state index contributed by atoms with van der Waals surface area (Å²) >= 11 is 0. The highest BCUT2D eigenvalue weighted by Crippen LogP contribution is 2.40. The van der Waals surface area contributed by atoms with Gasteiger partial charge in [-0.25, -0.2) is 0 Å². The molecule has 0 atom stereocenters. The Morgan fingerprint density at radius 3 is 2.52 bits per heavy atom. The van der Waals surface area contributed by atoms with Crippen LogP contribution in [0.15, 0.2) is 49.3 Å². The van der Waals surface area contributed by atoms with Gasteiger partial charge in [0, 0.05) is 17.1 Å². The summed E-state index contributed by atoms with van der Waals surface area (Å²) in [6, 6.07) is 6.27. The zero-order valence-electron chi connectivity index (χ0n) is 17.7. The summed E-state index contributed by atoms with van der Waals surface area (Å²) in [5.74, 6) is -0.504. The quantitative estimate of drug-likeness (QED) is 0.305. The predicted octanol–water partition coefficient (Wildman–Crippen LogP) is 3.87. The van der Waals surface area contributed by atoms with Crippen LogP contribution in [0.25, 0.3) is 44.2 Å². The Balaban J connectivity index is 1.80. The molecule has 168 valence electrons. The first-order chi connectivity index (χ1) is 16.0. The molecule has 1 saturated carbocycles. The van der Waals surface area contributed by atoms with E-state index in [4.69, 9.17) is 4.42 Å². The summed E-state index contributed by atoms with van der Waals surface area (Å²) in [4.78, 5) is 44.0. The molecule has 0 bridgehead atoms. The Labute approximate surface area is 185 Å². The molecule has 0 spiro atoms. The fourth-order valence-corrected chi connectivity index (χ4v) is 5.13. The Kier molecular flexibility index (Phi) is 4.33. The van der Waals surface area contributed by atoms with Crippen molar-refractivity contribution in [2.45, 2.75) is 44.6 Å². The molecule has 1 aliphatic rings. The molecule has 0 saturated heterocycles. The molecular formula is C24H22N4O5. The number of aromatic amines is 3. The first-order valence-electron chi connectivity index (χ1n) is 11.2. The summed E-state index contributed by atoms with van der Waals surface area (Å²) in [7, 11) is 0. The molecule has 5 aromatic rings. The van der Waals surface area contributed by atoms with Crippen molar-refractivity contribution in [2.75, 3.05) is 0 Å². The van der Waals surface area contributed by atoms with Gasteiger partial charge in [0.2, 0.25) is 11.2 Å². The second-order valence-corrected chi connectivity index (χ2v) is 8.69. The molecule has 6 rings (SSSR count). The third kappa shape index (κ3) is 2.88. The van der Waals surface area contributed by atoms with Crippen molar-refractivity contribution >= 4 is 33.1 Å². The number of phenols is 1. The van der Waals surface area contributed by atoms with E-state index in [9.17, 15) is 19.5 Å². The number of phenolic OH excluding ortho intramolecular Hbond substituents is 1. The van der Waals surface area contributed by atoms with Crippen LogP contribution in [0.2, 0.25) is 0 Å². The van der Waals surface area contributed by atoms with Crippen molar-refractivity contribution in [3.63, 3.8) is 0 Å². The van der Waals surface area contributed by atoms with E-state index in [2.05, 4.69) is 15.1 Å². The lowest BCUT2D eigenvalue weighted by atomic mass is 10.0. The molecule has 0 amide bonds. The first-order valence-corrected chi connectivity index (χ1v) is 11.2. The normalized spacial score (nSPS) is 15.5. The Hall–Kier alpha value is -4.01. The third-order valence-electron chi connectivity index (χ3n) is 6.72. The lowest BCUT2D eigenvalue weighted by Gasteiger charge is -2.17. The molecule has 9 heteroatoms. The van der Waals surface area contributed by atoms with Gasteiger partial charge in [0.05, 0.1) is 22.5 Å². The van der Waals surface area contributed by atoms with Gasteiger partial charge in [-0.05, 0) is 37.1 Å². The largest absolute Gasteiger partial charge is 0.502 e. The van der Waals surface area contributed by atoms with Gasteiger partial charge >= 0.3 is 0 Å². The Bertz CT molecular complexity index is 1710. The van der Waals surface area contributed by atoms with Crippen LogP contribution < -0.4 is 16.5 Å². The van der Waals surface area contributed by atoms with Crippen molar-refractivity contribution in [3.05, 3.63) is 61.4 Å². The zero-order chi connectivity index (χ0) is 22.7.